The minimum absolute atomic E-state index is 0.164. The van der Waals surface area contributed by atoms with E-state index in [1.165, 1.54) is 0 Å². The van der Waals surface area contributed by atoms with Crippen LogP contribution in [0.5, 0.6) is 5.75 Å². The summed E-state index contributed by atoms with van der Waals surface area (Å²) in [7, 11) is 0. The zero-order valence-corrected chi connectivity index (χ0v) is 23.2. The van der Waals surface area contributed by atoms with Crippen molar-refractivity contribution < 1.29 is 19.1 Å². The van der Waals surface area contributed by atoms with E-state index in [0.717, 1.165) is 18.4 Å². The van der Waals surface area contributed by atoms with Crippen LogP contribution in [0.1, 0.15) is 53.2 Å². The summed E-state index contributed by atoms with van der Waals surface area (Å²) in [6.45, 7) is 5.08. The lowest BCUT2D eigenvalue weighted by Crippen LogP contribution is -2.62. The number of amides is 2. The Morgan fingerprint density at radius 2 is 1.88 bits per heavy atom. The third-order valence-corrected chi connectivity index (χ3v) is 9.47. The van der Waals surface area contributed by atoms with Crippen LogP contribution in [0, 0.1) is 12.8 Å². The molecule has 0 radical (unpaired) electrons. The van der Waals surface area contributed by atoms with E-state index in [1.807, 2.05) is 62.4 Å². The van der Waals surface area contributed by atoms with Gasteiger partial charge in [0.2, 0.25) is 5.91 Å². The molecule has 0 aliphatic carbocycles. The average Bonchev–Trinajstić information content (AvgIpc) is 3.66. The Labute approximate surface area is 237 Å². The molecule has 0 bridgehead atoms. The smallest absolute Gasteiger partial charge is 0.251 e. The maximum Gasteiger partial charge on any atom is 0.251 e. The summed E-state index contributed by atoms with van der Waals surface area (Å²) in [5, 5.41) is 6.54. The van der Waals surface area contributed by atoms with Crippen LogP contribution >= 0.6 is 11.6 Å². The van der Waals surface area contributed by atoms with Crippen molar-refractivity contribution in [2.45, 2.75) is 50.1 Å². The van der Waals surface area contributed by atoms with Crippen LogP contribution in [0.25, 0.3) is 0 Å². The molecular weight excluding hydrogens is 526 g/mol. The number of Topliss-reactive ketones (excluding diaryl/α,β-unsaturated/α-hetero) is 1. The van der Waals surface area contributed by atoms with Crippen molar-refractivity contribution in [2.24, 2.45) is 5.92 Å². The van der Waals surface area contributed by atoms with Gasteiger partial charge in [-0.05, 0) is 68.1 Å². The SMILES string of the molecule is CCCOc1cccc(C(=O)[C@@H]2[C@H]3CCCN3[C@@]3(C(=O)Nc4c(Cl)cc(C)cc43)[C@]23C(=O)Nc2ccccc23)c1. The van der Waals surface area contributed by atoms with Crippen molar-refractivity contribution in [2.75, 3.05) is 23.8 Å². The van der Waals surface area contributed by atoms with Crippen molar-refractivity contribution in [3.05, 3.63) is 87.9 Å². The van der Waals surface area contributed by atoms with Crippen LogP contribution in [0.2, 0.25) is 5.02 Å². The molecule has 3 aromatic rings. The van der Waals surface area contributed by atoms with Crippen LogP contribution in [-0.2, 0) is 20.5 Å². The molecule has 2 N–H and O–H groups in total. The predicted molar refractivity (Wildman–Crippen MR) is 153 cm³/mol. The lowest BCUT2D eigenvalue weighted by atomic mass is 9.57. The molecule has 7 nitrogen and oxygen atoms in total. The second-order valence-corrected chi connectivity index (χ2v) is 11.7. The Kier molecular flexibility index (Phi) is 5.64. The Hall–Kier alpha value is -3.68. The van der Waals surface area contributed by atoms with E-state index in [9.17, 15) is 14.4 Å². The first kappa shape index (κ1) is 25.3. The van der Waals surface area contributed by atoms with Gasteiger partial charge in [0.05, 0.1) is 23.2 Å². The Bertz CT molecular complexity index is 1600. The predicted octanol–water partition coefficient (Wildman–Crippen LogP) is 5.45. The van der Waals surface area contributed by atoms with E-state index >= 15 is 0 Å². The maximum atomic E-state index is 14.8. The van der Waals surface area contributed by atoms with Crippen molar-refractivity contribution in [3.8, 4) is 5.75 Å². The minimum Gasteiger partial charge on any atom is -0.494 e. The van der Waals surface area contributed by atoms with E-state index in [1.54, 1.807) is 12.1 Å². The number of ether oxygens (including phenoxy) is 1. The van der Waals surface area contributed by atoms with Gasteiger partial charge in [-0.25, -0.2) is 0 Å². The number of nitrogens with one attached hydrogen (secondary N) is 2. The van der Waals surface area contributed by atoms with Crippen molar-refractivity contribution in [1.82, 2.24) is 4.90 Å². The number of aryl methyl sites for hydroxylation is 1. The second-order valence-electron chi connectivity index (χ2n) is 11.3. The highest BCUT2D eigenvalue weighted by Gasteiger charge is 2.81. The molecule has 4 heterocycles. The van der Waals surface area contributed by atoms with E-state index in [-0.39, 0.29) is 23.6 Å². The number of hydrogen-bond acceptors (Lipinski definition) is 5. The van der Waals surface area contributed by atoms with Crippen LogP contribution in [0.15, 0.2) is 60.7 Å². The standard InChI is InChI=1S/C32H30ClN3O4/c1-3-14-40-20-9-6-8-19(17-20)28(37)26-25-12-7-13-36(25)32(22-15-18(2)16-23(33)27(22)35-30(32)39)31(26)21-10-4-5-11-24(21)34-29(31)38/h4-6,8-11,15-17,25-26H,3,7,12-14H2,1-2H3,(H,34,38)(H,35,39)/t25-,26+,31+,32+/m1/s1. The summed E-state index contributed by atoms with van der Waals surface area (Å²) in [6, 6.07) is 18.1. The Morgan fingerprint density at radius 1 is 1.05 bits per heavy atom. The van der Waals surface area contributed by atoms with Gasteiger partial charge in [0, 0.05) is 22.9 Å². The van der Waals surface area contributed by atoms with Crippen LogP contribution in [-0.4, -0.2) is 41.7 Å². The third-order valence-electron chi connectivity index (χ3n) is 9.18. The van der Waals surface area contributed by atoms with E-state index in [0.29, 0.717) is 58.4 Å². The van der Waals surface area contributed by atoms with Crippen LogP contribution in [0.3, 0.4) is 0 Å². The number of benzene rings is 3. The molecule has 2 fully saturated rings. The highest BCUT2D eigenvalue weighted by atomic mass is 35.5. The van der Waals surface area contributed by atoms with Crippen molar-refractivity contribution >= 4 is 40.6 Å². The molecule has 0 unspecified atom stereocenters. The summed E-state index contributed by atoms with van der Waals surface area (Å²) in [5.41, 5.74) is 0.898. The zero-order chi connectivity index (χ0) is 27.8. The molecular formula is C32H30ClN3O4. The summed E-state index contributed by atoms with van der Waals surface area (Å²) < 4.78 is 5.85. The Balaban J connectivity index is 1.53. The summed E-state index contributed by atoms with van der Waals surface area (Å²) >= 11 is 6.72. The molecule has 0 aromatic heterocycles. The number of para-hydroxylation sites is 1. The second kappa shape index (κ2) is 8.91. The quantitative estimate of drug-likeness (QED) is 0.409. The highest BCUT2D eigenvalue weighted by Crippen LogP contribution is 2.68. The van der Waals surface area contributed by atoms with Crippen molar-refractivity contribution in [3.63, 3.8) is 0 Å². The molecule has 4 aliphatic rings. The number of carbonyl (C=O) groups is 3. The van der Waals surface area contributed by atoms with Crippen LogP contribution in [0.4, 0.5) is 11.4 Å². The van der Waals surface area contributed by atoms with Gasteiger partial charge in [0.25, 0.3) is 5.91 Å². The van der Waals surface area contributed by atoms with E-state index in [2.05, 4.69) is 15.5 Å². The average molecular weight is 556 g/mol. The normalized spacial score (nSPS) is 28.0. The molecule has 204 valence electrons. The number of hydrogen-bond donors (Lipinski definition) is 2. The maximum absolute atomic E-state index is 14.8. The van der Waals surface area contributed by atoms with Gasteiger partial charge in [-0.1, -0.05) is 54.9 Å². The number of halogens is 1. The van der Waals surface area contributed by atoms with Gasteiger partial charge in [0.1, 0.15) is 16.7 Å². The minimum atomic E-state index is -1.50. The Morgan fingerprint density at radius 3 is 2.70 bits per heavy atom. The summed E-state index contributed by atoms with van der Waals surface area (Å²) in [6.07, 6.45) is 2.36. The lowest BCUT2D eigenvalue weighted by molar-refractivity contribution is -0.137. The molecule has 2 amide bonds. The first-order valence-corrected chi connectivity index (χ1v) is 14.3. The number of rotatable bonds is 5. The molecule has 4 atom stereocenters. The molecule has 2 spiro atoms. The number of nitrogens with zero attached hydrogens (tertiary/aromatic N) is 1. The molecule has 40 heavy (non-hydrogen) atoms. The zero-order valence-electron chi connectivity index (χ0n) is 22.4. The summed E-state index contributed by atoms with van der Waals surface area (Å²) in [4.78, 5) is 46.1. The number of ketones is 1. The highest BCUT2D eigenvalue weighted by molar-refractivity contribution is 6.35. The van der Waals surface area contributed by atoms with Gasteiger partial charge in [-0.2, -0.15) is 0 Å². The molecule has 4 aliphatic heterocycles. The first-order chi connectivity index (χ1) is 19.3. The van der Waals surface area contributed by atoms with Gasteiger partial charge < -0.3 is 15.4 Å². The fourth-order valence-corrected chi connectivity index (χ4v) is 8.23. The van der Waals surface area contributed by atoms with E-state index in [4.69, 9.17) is 16.3 Å². The molecule has 0 saturated carbocycles. The number of anilines is 2. The van der Waals surface area contributed by atoms with Crippen LogP contribution < -0.4 is 15.4 Å². The lowest BCUT2D eigenvalue weighted by Gasteiger charge is -2.43. The topological polar surface area (TPSA) is 87.7 Å². The van der Waals surface area contributed by atoms with Gasteiger partial charge >= 0.3 is 0 Å². The van der Waals surface area contributed by atoms with Gasteiger partial charge in [0.15, 0.2) is 5.78 Å². The largest absolute Gasteiger partial charge is 0.494 e. The molecule has 7 rings (SSSR count). The first-order valence-electron chi connectivity index (χ1n) is 13.9. The molecule has 2 saturated heterocycles. The monoisotopic (exact) mass is 555 g/mol. The third kappa shape index (κ3) is 3.02. The van der Waals surface area contributed by atoms with Crippen molar-refractivity contribution in [1.29, 1.82) is 0 Å². The van der Waals surface area contributed by atoms with Gasteiger partial charge in [-0.15, -0.1) is 0 Å². The van der Waals surface area contributed by atoms with E-state index < -0.39 is 16.9 Å². The fraction of sp³-hybridized carbons (Fsp3) is 0.344. The number of fused-ring (bicyclic) bond motifs is 7. The summed E-state index contributed by atoms with van der Waals surface area (Å²) in [5.74, 6) is -1.01. The fourth-order valence-electron chi connectivity index (χ4n) is 7.91. The van der Waals surface area contributed by atoms with Gasteiger partial charge in [-0.3, -0.25) is 19.3 Å². The molecule has 3 aromatic carbocycles. The number of carbonyl (C=O) groups excluding carboxylic acids is 3. The molecule has 8 heteroatoms.